The van der Waals surface area contributed by atoms with Gasteiger partial charge in [0, 0.05) is 24.0 Å². The highest BCUT2D eigenvalue weighted by atomic mass is 16.7. The lowest BCUT2D eigenvalue weighted by molar-refractivity contribution is -0.232. The van der Waals surface area contributed by atoms with E-state index in [0.717, 1.165) is 6.42 Å². The fourth-order valence-corrected chi connectivity index (χ4v) is 8.14. The molecule has 5 heterocycles. The van der Waals surface area contributed by atoms with Crippen molar-refractivity contribution in [2.75, 3.05) is 19.8 Å². The molecule has 39 heavy (non-hydrogen) atoms. The van der Waals surface area contributed by atoms with Crippen LogP contribution in [0.5, 0.6) is 0 Å². The van der Waals surface area contributed by atoms with Crippen LogP contribution in [0.1, 0.15) is 39.5 Å². The maximum atomic E-state index is 13.3. The number of carbonyl (C=O) groups is 2. The van der Waals surface area contributed by atoms with Gasteiger partial charge in [0.1, 0.15) is 36.1 Å². The molecule has 7 aliphatic rings. The molecule has 10 atom stereocenters. The van der Waals surface area contributed by atoms with Crippen LogP contribution in [0.25, 0.3) is 0 Å². The zero-order chi connectivity index (χ0) is 27.2. The maximum Gasteiger partial charge on any atom is 0.331 e. The lowest BCUT2D eigenvalue weighted by Gasteiger charge is -2.58. The highest BCUT2D eigenvalue weighted by Crippen LogP contribution is 2.72. The predicted octanol–water partition coefficient (Wildman–Crippen LogP) is 1.40. The van der Waals surface area contributed by atoms with Crippen molar-refractivity contribution in [2.45, 2.75) is 87.5 Å². The molecule has 7 rings (SSSR count). The molecule has 0 aromatic carbocycles. The van der Waals surface area contributed by atoms with Crippen LogP contribution in [0.4, 0.5) is 0 Å². The molecule has 210 valence electrons. The van der Waals surface area contributed by atoms with Gasteiger partial charge in [-0.25, -0.2) is 9.59 Å². The van der Waals surface area contributed by atoms with Crippen LogP contribution < -0.4 is 0 Å². The number of carbonyl (C=O) groups excluding carboxylic acids is 2. The van der Waals surface area contributed by atoms with Gasteiger partial charge in [-0.1, -0.05) is 30.7 Å². The summed E-state index contributed by atoms with van der Waals surface area (Å²) in [6.07, 6.45) is 6.94. The lowest BCUT2D eigenvalue weighted by atomic mass is 9.51. The molecule has 4 saturated heterocycles. The fourth-order valence-electron chi connectivity index (χ4n) is 8.14. The summed E-state index contributed by atoms with van der Waals surface area (Å²) in [6.45, 7) is 4.93. The third kappa shape index (κ3) is 3.36. The minimum Gasteiger partial charge on any atom is -0.462 e. The minimum atomic E-state index is -1.51. The molecule has 5 aliphatic heterocycles. The highest BCUT2D eigenvalue weighted by Gasteiger charge is 2.83. The van der Waals surface area contributed by atoms with Gasteiger partial charge in [-0.2, -0.15) is 0 Å². The van der Waals surface area contributed by atoms with E-state index in [4.69, 9.17) is 28.4 Å². The van der Waals surface area contributed by atoms with E-state index in [1.54, 1.807) is 12.2 Å². The number of hydrogen-bond donors (Lipinski definition) is 2. The first kappa shape index (κ1) is 25.6. The topological polar surface area (TPSA) is 133 Å². The molecule has 0 radical (unpaired) electrons. The maximum absolute atomic E-state index is 13.3. The normalized spacial score (nSPS) is 53.4. The third-order valence-corrected chi connectivity index (χ3v) is 10.4. The van der Waals surface area contributed by atoms with Crippen molar-refractivity contribution < 1.29 is 48.2 Å². The average Bonchev–Trinajstić information content (AvgIpc) is 3.64. The first-order valence-electron chi connectivity index (χ1n) is 13.7. The summed E-state index contributed by atoms with van der Waals surface area (Å²) in [6, 6.07) is 0. The Kier molecular flexibility index (Phi) is 5.64. The molecule has 2 N–H and O–H groups in total. The molecular formula is C29H34O10. The summed E-state index contributed by atoms with van der Waals surface area (Å²) < 4.78 is 36.5. The number of hydrogen-bond acceptors (Lipinski definition) is 10. The Morgan fingerprint density at radius 2 is 1.82 bits per heavy atom. The third-order valence-electron chi connectivity index (χ3n) is 10.4. The average molecular weight is 543 g/mol. The van der Waals surface area contributed by atoms with Gasteiger partial charge in [-0.05, 0) is 37.8 Å². The Bertz CT molecular complexity index is 1210. The van der Waals surface area contributed by atoms with Gasteiger partial charge < -0.3 is 38.6 Å². The molecule has 10 nitrogen and oxygen atoms in total. The molecule has 0 aromatic heterocycles. The molecule has 2 spiro atoms. The number of allylic oxidation sites excluding steroid dienone is 3. The Labute approximate surface area is 226 Å². The summed E-state index contributed by atoms with van der Waals surface area (Å²) in [7, 11) is 0. The number of epoxide rings is 1. The molecule has 10 heteroatoms. The predicted molar refractivity (Wildman–Crippen MR) is 133 cm³/mol. The minimum absolute atomic E-state index is 0.0562. The second-order valence-corrected chi connectivity index (χ2v) is 12.1. The molecule has 1 unspecified atom stereocenters. The van der Waals surface area contributed by atoms with Crippen molar-refractivity contribution in [3.63, 3.8) is 0 Å². The van der Waals surface area contributed by atoms with Crippen LogP contribution in [0, 0.1) is 10.8 Å². The van der Waals surface area contributed by atoms with Gasteiger partial charge in [0.05, 0.1) is 30.8 Å². The van der Waals surface area contributed by atoms with Crippen LogP contribution in [-0.4, -0.2) is 90.0 Å². The van der Waals surface area contributed by atoms with E-state index in [1.807, 2.05) is 0 Å². The summed E-state index contributed by atoms with van der Waals surface area (Å²) in [5, 5.41) is 21.1. The van der Waals surface area contributed by atoms with Crippen molar-refractivity contribution in [1.29, 1.82) is 0 Å². The molecule has 0 amide bonds. The number of ether oxygens (including phenoxy) is 6. The quantitative estimate of drug-likeness (QED) is 0.263. The Balaban J connectivity index is 1.32. The number of cyclic esters (lactones) is 1. The standard InChI is InChI=1S/C29H34O10/c1-16-6-9-27-14-34-22(31)12-17-7-10-35-28(23(32)25(33)39-24(17)28)8-4-3-5-21(30)38-18-13-20(37-19(27)11-16)29(15-36-29)26(18,27)2/h3-5,8,11-12,18-20,23-25,32-33H,6-7,9-10,13-15H2,1-2H3/b5-3-,8-4-,17-12-/t18-,19-,20-,23+,24-,25-,26-,27-,28-,29?/m1/s1. The van der Waals surface area contributed by atoms with Crippen molar-refractivity contribution in [3.05, 3.63) is 47.6 Å². The smallest absolute Gasteiger partial charge is 0.331 e. The van der Waals surface area contributed by atoms with E-state index in [1.165, 1.54) is 23.8 Å². The zero-order valence-electron chi connectivity index (χ0n) is 22.0. The lowest BCUT2D eigenvalue weighted by Crippen LogP contribution is -2.66. The largest absolute Gasteiger partial charge is 0.462 e. The first-order chi connectivity index (χ1) is 18.7. The monoisotopic (exact) mass is 542 g/mol. The Morgan fingerprint density at radius 3 is 2.62 bits per heavy atom. The Hall–Kier alpha value is -2.34. The Morgan fingerprint density at radius 1 is 1.00 bits per heavy atom. The van der Waals surface area contributed by atoms with Crippen molar-refractivity contribution in [1.82, 2.24) is 0 Å². The van der Waals surface area contributed by atoms with Gasteiger partial charge in [-0.15, -0.1) is 0 Å². The fraction of sp³-hybridized carbons (Fsp3) is 0.655. The van der Waals surface area contributed by atoms with Crippen LogP contribution in [-0.2, 0) is 38.0 Å². The molecule has 1 saturated carbocycles. The summed E-state index contributed by atoms with van der Waals surface area (Å²) >= 11 is 0. The second-order valence-electron chi connectivity index (χ2n) is 12.1. The summed E-state index contributed by atoms with van der Waals surface area (Å²) in [5.74, 6) is -1.08. The van der Waals surface area contributed by atoms with Gasteiger partial charge in [0.15, 0.2) is 6.29 Å². The van der Waals surface area contributed by atoms with E-state index in [9.17, 15) is 19.8 Å². The van der Waals surface area contributed by atoms with E-state index < -0.39 is 58.6 Å². The molecule has 2 aliphatic carbocycles. The molecular weight excluding hydrogens is 508 g/mol. The van der Waals surface area contributed by atoms with E-state index in [0.29, 0.717) is 31.4 Å². The van der Waals surface area contributed by atoms with Crippen molar-refractivity contribution in [2.24, 2.45) is 10.8 Å². The van der Waals surface area contributed by atoms with Crippen LogP contribution in [0.3, 0.4) is 0 Å². The van der Waals surface area contributed by atoms with Gasteiger partial charge in [-0.3, -0.25) is 0 Å². The van der Waals surface area contributed by atoms with E-state index in [-0.39, 0.29) is 25.4 Å². The summed E-state index contributed by atoms with van der Waals surface area (Å²) in [4.78, 5) is 26.4. The van der Waals surface area contributed by atoms with Crippen LogP contribution in [0.15, 0.2) is 47.6 Å². The van der Waals surface area contributed by atoms with Crippen LogP contribution >= 0.6 is 0 Å². The van der Waals surface area contributed by atoms with E-state index in [2.05, 4.69) is 19.9 Å². The molecule has 4 bridgehead atoms. The van der Waals surface area contributed by atoms with Gasteiger partial charge >= 0.3 is 11.9 Å². The zero-order valence-corrected chi connectivity index (χ0v) is 22.0. The SMILES string of the molecule is CC1=C[C@H]2O[C@@H]3C[C@H]4OC(=O)/C=C\C=C/[C@]56OCC/C(=C/C(=O)OC[C@@]2(CC1)[C@]4(C)C31CO1)[C@H]5O[C@@H](O)[C@@H]6O. The van der Waals surface area contributed by atoms with Gasteiger partial charge in [0.2, 0.25) is 0 Å². The number of aliphatic hydroxyl groups is 2. The number of aliphatic hydroxyl groups excluding tert-OH is 2. The number of esters is 2. The highest BCUT2D eigenvalue weighted by molar-refractivity contribution is 5.83. The molecule has 5 fully saturated rings. The second kappa shape index (κ2) is 8.58. The van der Waals surface area contributed by atoms with E-state index >= 15 is 0 Å². The van der Waals surface area contributed by atoms with Crippen molar-refractivity contribution >= 4 is 11.9 Å². The summed E-state index contributed by atoms with van der Waals surface area (Å²) in [5.41, 5.74) is -1.58. The molecule has 0 aromatic rings. The number of rotatable bonds is 0. The van der Waals surface area contributed by atoms with Crippen LogP contribution in [0.2, 0.25) is 0 Å². The van der Waals surface area contributed by atoms with Crippen molar-refractivity contribution in [3.8, 4) is 0 Å². The van der Waals surface area contributed by atoms with Gasteiger partial charge in [0.25, 0.3) is 0 Å². The first-order valence-corrected chi connectivity index (χ1v) is 13.7.